The zero-order valence-electron chi connectivity index (χ0n) is 13.3. The van der Waals surface area contributed by atoms with Crippen LogP contribution in [0.2, 0.25) is 0 Å². The van der Waals surface area contributed by atoms with Gasteiger partial charge in [-0.1, -0.05) is 25.3 Å². The third kappa shape index (κ3) is 3.05. The smallest absolute Gasteiger partial charge is 0.231 e. The summed E-state index contributed by atoms with van der Waals surface area (Å²) in [6, 6.07) is 3.91. The van der Waals surface area contributed by atoms with E-state index in [-0.39, 0.29) is 5.91 Å². The minimum Gasteiger partial charge on any atom is -0.496 e. The average molecular weight is 290 g/mol. The second-order valence-corrected chi connectivity index (χ2v) is 6.09. The number of anilines is 1. The van der Waals surface area contributed by atoms with Gasteiger partial charge in [0.2, 0.25) is 5.91 Å². The molecule has 0 atom stereocenters. The van der Waals surface area contributed by atoms with Crippen molar-refractivity contribution in [2.75, 3.05) is 19.0 Å². The van der Waals surface area contributed by atoms with Crippen LogP contribution in [0.3, 0.4) is 0 Å². The first-order valence-corrected chi connectivity index (χ1v) is 7.70. The molecule has 116 valence electrons. The second kappa shape index (κ2) is 6.48. The lowest BCUT2D eigenvalue weighted by Crippen LogP contribution is -2.43. The van der Waals surface area contributed by atoms with Crippen molar-refractivity contribution in [1.82, 2.24) is 0 Å². The van der Waals surface area contributed by atoms with E-state index in [0.29, 0.717) is 6.54 Å². The van der Waals surface area contributed by atoms with E-state index in [4.69, 9.17) is 10.5 Å². The van der Waals surface area contributed by atoms with Crippen molar-refractivity contribution >= 4 is 11.6 Å². The first kappa shape index (κ1) is 15.8. The molecule has 1 fully saturated rings. The fourth-order valence-corrected chi connectivity index (χ4v) is 3.28. The lowest BCUT2D eigenvalue weighted by atomic mass is 9.73. The molecule has 1 aromatic carbocycles. The quantitative estimate of drug-likeness (QED) is 0.895. The highest BCUT2D eigenvalue weighted by molar-refractivity contribution is 5.96. The molecule has 1 saturated carbocycles. The molecule has 0 saturated heterocycles. The third-order valence-electron chi connectivity index (χ3n) is 4.74. The molecule has 1 aliphatic carbocycles. The molecular formula is C17H26N2O2. The van der Waals surface area contributed by atoms with E-state index in [1.807, 2.05) is 26.0 Å². The van der Waals surface area contributed by atoms with Gasteiger partial charge in [0.05, 0.1) is 12.5 Å². The van der Waals surface area contributed by atoms with Crippen LogP contribution in [0.25, 0.3) is 0 Å². The van der Waals surface area contributed by atoms with Crippen molar-refractivity contribution < 1.29 is 9.53 Å². The first-order chi connectivity index (χ1) is 10.0. The highest BCUT2D eigenvalue weighted by atomic mass is 16.5. The molecule has 4 nitrogen and oxygen atoms in total. The first-order valence-electron chi connectivity index (χ1n) is 7.70. The normalized spacial score (nSPS) is 17.3. The molecule has 0 unspecified atom stereocenters. The monoisotopic (exact) mass is 290 g/mol. The summed E-state index contributed by atoms with van der Waals surface area (Å²) in [5.74, 6) is 0.886. The maximum absolute atomic E-state index is 12.7. The van der Waals surface area contributed by atoms with E-state index < -0.39 is 5.41 Å². The number of rotatable bonds is 4. The molecule has 0 radical (unpaired) electrons. The second-order valence-electron chi connectivity index (χ2n) is 6.09. The van der Waals surface area contributed by atoms with Crippen molar-refractivity contribution in [2.45, 2.75) is 46.0 Å². The number of nitrogens with one attached hydrogen (secondary N) is 1. The average Bonchev–Trinajstić information content (AvgIpc) is 2.51. The summed E-state index contributed by atoms with van der Waals surface area (Å²) < 4.78 is 5.42. The van der Waals surface area contributed by atoms with Crippen molar-refractivity contribution in [1.29, 1.82) is 0 Å². The molecule has 1 aromatic rings. The van der Waals surface area contributed by atoms with Crippen LogP contribution >= 0.6 is 0 Å². The van der Waals surface area contributed by atoms with E-state index in [9.17, 15) is 4.79 Å². The number of benzene rings is 1. The molecule has 3 N–H and O–H groups in total. The highest BCUT2D eigenvalue weighted by Crippen LogP contribution is 2.37. The molecule has 2 rings (SSSR count). The lowest BCUT2D eigenvalue weighted by Gasteiger charge is -2.34. The summed E-state index contributed by atoms with van der Waals surface area (Å²) in [4.78, 5) is 12.7. The fraction of sp³-hybridized carbons (Fsp3) is 0.588. The molecule has 4 heteroatoms. The number of aryl methyl sites for hydroxylation is 1. The summed E-state index contributed by atoms with van der Waals surface area (Å²) in [6.07, 6.45) is 5.14. The van der Waals surface area contributed by atoms with Crippen LogP contribution in [0.1, 0.15) is 43.2 Å². The predicted molar refractivity (Wildman–Crippen MR) is 85.7 cm³/mol. The summed E-state index contributed by atoms with van der Waals surface area (Å²) in [5.41, 5.74) is 8.38. The van der Waals surface area contributed by atoms with Crippen molar-refractivity contribution in [3.8, 4) is 5.75 Å². The maximum atomic E-state index is 12.7. The topological polar surface area (TPSA) is 64.3 Å². The Morgan fingerprint density at radius 2 is 1.95 bits per heavy atom. The fourth-order valence-electron chi connectivity index (χ4n) is 3.28. The molecule has 0 bridgehead atoms. The summed E-state index contributed by atoms with van der Waals surface area (Å²) >= 11 is 0. The Kier molecular flexibility index (Phi) is 4.88. The molecule has 0 aliphatic heterocycles. The van der Waals surface area contributed by atoms with Gasteiger partial charge in [-0.3, -0.25) is 4.79 Å². The number of nitrogens with two attached hydrogens (primary N) is 1. The van der Waals surface area contributed by atoms with Crippen LogP contribution in [-0.2, 0) is 4.79 Å². The van der Waals surface area contributed by atoms with Gasteiger partial charge in [-0.15, -0.1) is 0 Å². The Labute approximate surface area is 127 Å². The standard InChI is InChI=1S/C17H26N2O2/c1-12-7-8-14(13(2)15(12)21-3)19-16(20)17(11-18)9-5-4-6-10-17/h7-8H,4-6,9-11,18H2,1-3H3,(H,19,20). The van der Waals surface area contributed by atoms with Gasteiger partial charge < -0.3 is 15.8 Å². The Morgan fingerprint density at radius 3 is 2.52 bits per heavy atom. The van der Waals surface area contributed by atoms with Crippen molar-refractivity contribution in [3.63, 3.8) is 0 Å². The minimum absolute atomic E-state index is 0.0544. The minimum atomic E-state index is -0.400. The Balaban J connectivity index is 2.23. The molecule has 21 heavy (non-hydrogen) atoms. The van der Waals surface area contributed by atoms with Crippen molar-refractivity contribution in [2.24, 2.45) is 11.1 Å². The number of carbonyl (C=O) groups is 1. The van der Waals surface area contributed by atoms with E-state index >= 15 is 0 Å². The maximum Gasteiger partial charge on any atom is 0.231 e. The van der Waals surface area contributed by atoms with Crippen LogP contribution < -0.4 is 15.8 Å². The zero-order chi connectivity index (χ0) is 15.5. The number of carbonyl (C=O) groups excluding carboxylic acids is 1. The molecular weight excluding hydrogens is 264 g/mol. The van der Waals surface area contributed by atoms with Gasteiger partial charge in [0.1, 0.15) is 5.75 Å². The largest absolute Gasteiger partial charge is 0.496 e. The lowest BCUT2D eigenvalue weighted by molar-refractivity contribution is -0.126. The summed E-state index contributed by atoms with van der Waals surface area (Å²) in [6.45, 7) is 4.39. The van der Waals surface area contributed by atoms with Crippen molar-refractivity contribution in [3.05, 3.63) is 23.3 Å². The van der Waals surface area contributed by atoms with Crippen LogP contribution in [-0.4, -0.2) is 19.6 Å². The Morgan fingerprint density at radius 1 is 1.29 bits per heavy atom. The number of methoxy groups -OCH3 is 1. The zero-order valence-corrected chi connectivity index (χ0v) is 13.3. The van der Waals surface area contributed by atoms with Gasteiger partial charge in [-0.2, -0.15) is 0 Å². The predicted octanol–water partition coefficient (Wildman–Crippen LogP) is 3.16. The molecule has 1 amide bonds. The van der Waals surface area contributed by atoms with E-state index in [2.05, 4.69) is 5.32 Å². The summed E-state index contributed by atoms with van der Waals surface area (Å²) in [5, 5.41) is 3.07. The van der Waals surface area contributed by atoms with Crippen LogP contribution in [0.5, 0.6) is 5.75 Å². The van der Waals surface area contributed by atoms with Gasteiger partial charge in [0, 0.05) is 17.8 Å². The van der Waals surface area contributed by atoms with E-state index in [0.717, 1.165) is 48.2 Å². The number of amides is 1. The van der Waals surface area contributed by atoms with E-state index in [1.165, 1.54) is 6.42 Å². The van der Waals surface area contributed by atoms with Crippen LogP contribution in [0, 0.1) is 19.3 Å². The Hall–Kier alpha value is -1.55. The highest BCUT2D eigenvalue weighted by Gasteiger charge is 2.38. The molecule has 0 heterocycles. The number of hydrogen-bond acceptors (Lipinski definition) is 3. The summed E-state index contributed by atoms with van der Waals surface area (Å²) in [7, 11) is 1.66. The van der Waals surface area contributed by atoms with Gasteiger partial charge >= 0.3 is 0 Å². The molecule has 0 aromatic heterocycles. The van der Waals surface area contributed by atoms with E-state index in [1.54, 1.807) is 7.11 Å². The SMILES string of the molecule is COc1c(C)ccc(NC(=O)C2(CN)CCCCC2)c1C. The molecule has 0 spiro atoms. The van der Waals surface area contributed by atoms with Crippen LogP contribution in [0.15, 0.2) is 12.1 Å². The van der Waals surface area contributed by atoms with Gasteiger partial charge in [-0.25, -0.2) is 0 Å². The van der Waals surface area contributed by atoms with Gasteiger partial charge in [0.25, 0.3) is 0 Å². The Bertz CT molecular complexity index is 520. The van der Waals surface area contributed by atoms with Gasteiger partial charge in [0.15, 0.2) is 0 Å². The molecule has 1 aliphatic rings. The van der Waals surface area contributed by atoms with Gasteiger partial charge in [-0.05, 0) is 38.3 Å². The number of ether oxygens (including phenoxy) is 1. The number of hydrogen-bond donors (Lipinski definition) is 2. The van der Waals surface area contributed by atoms with Crippen LogP contribution in [0.4, 0.5) is 5.69 Å². The third-order valence-corrected chi connectivity index (χ3v) is 4.74.